The summed E-state index contributed by atoms with van der Waals surface area (Å²) in [4.78, 5) is 14.7. The highest BCUT2D eigenvalue weighted by atomic mass is 35.5. The average Bonchev–Trinajstić information content (AvgIpc) is 2.85. The topological polar surface area (TPSA) is 46.3 Å². The molecule has 1 amide bonds. The minimum absolute atomic E-state index is 0. The molecule has 1 aliphatic heterocycles. The standard InChI is InChI=1S/C16H22N2O.ClH/c17-11-12-6-8-14(9-7-12)16(19)18-10-2-5-15(18)13-3-1-4-13;/h6-9,13,15H,1-5,10-11,17H2;1H. The zero-order chi connectivity index (χ0) is 13.2. The molecule has 1 atom stereocenters. The number of nitrogens with zero attached hydrogens (tertiary/aromatic N) is 1. The lowest BCUT2D eigenvalue weighted by molar-refractivity contribution is 0.0626. The Morgan fingerprint density at radius 3 is 2.40 bits per heavy atom. The molecule has 0 radical (unpaired) electrons. The highest BCUT2D eigenvalue weighted by molar-refractivity contribution is 5.94. The first kappa shape index (κ1) is 15.3. The van der Waals surface area contributed by atoms with Gasteiger partial charge in [-0.15, -0.1) is 12.4 Å². The second-order valence-electron chi connectivity index (χ2n) is 5.80. The molecule has 1 unspecified atom stereocenters. The number of carbonyl (C=O) groups is 1. The fourth-order valence-electron chi connectivity index (χ4n) is 3.31. The monoisotopic (exact) mass is 294 g/mol. The number of halogens is 1. The van der Waals surface area contributed by atoms with Crippen LogP contribution in [0.15, 0.2) is 24.3 Å². The number of hydrogen-bond donors (Lipinski definition) is 1. The van der Waals surface area contributed by atoms with Gasteiger partial charge in [0.1, 0.15) is 0 Å². The van der Waals surface area contributed by atoms with Crippen molar-refractivity contribution in [2.24, 2.45) is 11.7 Å². The van der Waals surface area contributed by atoms with Gasteiger partial charge in [0.15, 0.2) is 0 Å². The number of nitrogens with two attached hydrogens (primary N) is 1. The van der Waals surface area contributed by atoms with Gasteiger partial charge in [-0.3, -0.25) is 4.79 Å². The van der Waals surface area contributed by atoms with Gasteiger partial charge in [-0.2, -0.15) is 0 Å². The second kappa shape index (κ2) is 6.59. The fourth-order valence-corrected chi connectivity index (χ4v) is 3.31. The molecule has 3 nitrogen and oxygen atoms in total. The van der Waals surface area contributed by atoms with Crippen molar-refractivity contribution < 1.29 is 4.79 Å². The molecular formula is C16H23ClN2O. The highest BCUT2D eigenvalue weighted by Gasteiger charge is 2.37. The van der Waals surface area contributed by atoms with Crippen LogP contribution in [-0.4, -0.2) is 23.4 Å². The number of likely N-dealkylation sites (tertiary alicyclic amines) is 1. The fraction of sp³-hybridized carbons (Fsp3) is 0.562. The second-order valence-corrected chi connectivity index (χ2v) is 5.80. The Bertz CT molecular complexity index is 456. The Morgan fingerprint density at radius 2 is 1.85 bits per heavy atom. The third kappa shape index (κ3) is 2.84. The zero-order valence-corrected chi connectivity index (χ0v) is 12.6. The number of rotatable bonds is 3. The van der Waals surface area contributed by atoms with Crippen LogP contribution in [0.25, 0.3) is 0 Å². The summed E-state index contributed by atoms with van der Waals surface area (Å²) in [5.74, 6) is 0.965. The van der Waals surface area contributed by atoms with Crippen LogP contribution < -0.4 is 5.73 Å². The van der Waals surface area contributed by atoms with Crippen molar-refractivity contribution in [2.75, 3.05) is 6.54 Å². The third-order valence-corrected chi connectivity index (χ3v) is 4.69. The van der Waals surface area contributed by atoms with Crippen molar-refractivity contribution >= 4 is 18.3 Å². The van der Waals surface area contributed by atoms with E-state index >= 15 is 0 Å². The lowest BCUT2D eigenvalue weighted by atomic mass is 9.78. The first-order valence-corrected chi connectivity index (χ1v) is 7.39. The van der Waals surface area contributed by atoms with E-state index in [2.05, 4.69) is 4.90 Å². The maximum atomic E-state index is 12.6. The molecule has 1 saturated heterocycles. The van der Waals surface area contributed by atoms with Crippen molar-refractivity contribution in [1.82, 2.24) is 4.90 Å². The van der Waals surface area contributed by atoms with E-state index in [-0.39, 0.29) is 18.3 Å². The SMILES string of the molecule is Cl.NCc1ccc(C(=O)N2CCCC2C2CCC2)cc1. The van der Waals surface area contributed by atoms with Crippen molar-refractivity contribution in [1.29, 1.82) is 0 Å². The van der Waals surface area contributed by atoms with Crippen molar-refractivity contribution in [2.45, 2.75) is 44.7 Å². The normalized spacial score (nSPS) is 22.2. The van der Waals surface area contributed by atoms with Gasteiger partial charge in [0, 0.05) is 24.7 Å². The highest BCUT2D eigenvalue weighted by Crippen LogP contribution is 2.37. The molecule has 1 aromatic carbocycles. The van der Waals surface area contributed by atoms with Crippen LogP contribution in [-0.2, 0) is 6.54 Å². The van der Waals surface area contributed by atoms with Crippen LogP contribution in [0.3, 0.4) is 0 Å². The van der Waals surface area contributed by atoms with Gasteiger partial charge in [0.2, 0.25) is 0 Å². The molecule has 0 aromatic heterocycles. The van der Waals surface area contributed by atoms with E-state index < -0.39 is 0 Å². The van der Waals surface area contributed by atoms with Crippen molar-refractivity contribution in [3.8, 4) is 0 Å². The van der Waals surface area contributed by atoms with Gasteiger partial charge in [-0.1, -0.05) is 18.6 Å². The summed E-state index contributed by atoms with van der Waals surface area (Å²) in [7, 11) is 0. The summed E-state index contributed by atoms with van der Waals surface area (Å²) in [5.41, 5.74) is 7.48. The largest absolute Gasteiger partial charge is 0.335 e. The summed E-state index contributed by atoms with van der Waals surface area (Å²) in [5, 5.41) is 0. The molecule has 2 aliphatic rings. The Kier molecular flexibility index (Phi) is 5.06. The Morgan fingerprint density at radius 1 is 1.15 bits per heavy atom. The molecule has 0 spiro atoms. The van der Waals surface area contributed by atoms with Gasteiger partial charge in [0.05, 0.1) is 0 Å². The van der Waals surface area contributed by atoms with E-state index in [1.54, 1.807) is 0 Å². The van der Waals surface area contributed by atoms with E-state index in [0.29, 0.717) is 12.6 Å². The van der Waals surface area contributed by atoms with Crippen LogP contribution in [0.1, 0.15) is 48.0 Å². The summed E-state index contributed by atoms with van der Waals surface area (Å²) in [6, 6.07) is 8.25. The van der Waals surface area contributed by atoms with E-state index in [4.69, 9.17) is 5.73 Å². The molecule has 110 valence electrons. The number of carbonyl (C=O) groups excluding carboxylic acids is 1. The Hall–Kier alpha value is -1.06. The minimum atomic E-state index is 0. The average molecular weight is 295 g/mol. The quantitative estimate of drug-likeness (QED) is 0.931. The smallest absolute Gasteiger partial charge is 0.254 e. The molecule has 1 aromatic rings. The molecule has 0 bridgehead atoms. The summed E-state index contributed by atoms with van der Waals surface area (Å²) < 4.78 is 0. The maximum Gasteiger partial charge on any atom is 0.254 e. The van der Waals surface area contributed by atoms with Crippen molar-refractivity contribution in [3.63, 3.8) is 0 Å². The van der Waals surface area contributed by atoms with Gasteiger partial charge in [-0.05, 0) is 49.3 Å². The molecule has 4 heteroatoms. The molecule has 1 saturated carbocycles. The van der Waals surface area contributed by atoms with Gasteiger partial charge in [0.25, 0.3) is 5.91 Å². The molecule has 20 heavy (non-hydrogen) atoms. The molecule has 1 heterocycles. The van der Waals surface area contributed by atoms with Crippen molar-refractivity contribution in [3.05, 3.63) is 35.4 Å². The van der Waals surface area contributed by atoms with E-state index in [9.17, 15) is 4.79 Å². The van der Waals surface area contributed by atoms with E-state index in [1.807, 2.05) is 24.3 Å². The van der Waals surface area contributed by atoms with Crippen LogP contribution in [0, 0.1) is 5.92 Å². The third-order valence-electron chi connectivity index (χ3n) is 4.69. The molecule has 1 aliphatic carbocycles. The van der Waals surface area contributed by atoms with Gasteiger partial charge < -0.3 is 10.6 Å². The van der Waals surface area contributed by atoms with E-state index in [0.717, 1.165) is 30.0 Å². The van der Waals surface area contributed by atoms with Crippen LogP contribution in [0.2, 0.25) is 0 Å². The van der Waals surface area contributed by atoms with Crippen LogP contribution in [0.5, 0.6) is 0 Å². The van der Waals surface area contributed by atoms with Gasteiger partial charge >= 0.3 is 0 Å². The Labute approximate surface area is 126 Å². The first-order chi connectivity index (χ1) is 9.29. The Balaban J connectivity index is 0.00000147. The lowest BCUT2D eigenvalue weighted by Gasteiger charge is -2.37. The molecule has 3 rings (SSSR count). The first-order valence-electron chi connectivity index (χ1n) is 7.39. The summed E-state index contributed by atoms with van der Waals surface area (Å²) in [6.07, 6.45) is 6.31. The van der Waals surface area contributed by atoms with Crippen LogP contribution >= 0.6 is 12.4 Å². The number of hydrogen-bond acceptors (Lipinski definition) is 2. The van der Waals surface area contributed by atoms with Gasteiger partial charge in [-0.25, -0.2) is 0 Å². The lowest BCUT2D eigenvalue weighted by Crippen LogP contribution is -2.42. The van der Waals surface area contributed by atoms with Crippen LogP contribution in [0.4, 0.5) is 0 Å². The zero-order valence-electron chi connectivity index (χ0n) is 11.8. The van der Waals surface area contributed by atoms with E-state index in [1.165, 1.54) is 25.7 Å². The predicted octanol–water partition coefficient (Wildman–Crippen LogP) is 2.97. The predicted molar refractivity (Wildman–Crippen MR) is 83.0 cm³/mol. The molecule has 2 N–H and O–H groups in total. The number of amides is 1. The number of benzene rings is 1. The summed E-state index contributed by atoms with van der Waals surface area (Å²) >= 11 is 0. The summed E-state index contributed by atoms with van der Waals surface area (Å²) in [6.45, 7) is 1.46. The maximum absolute atomic E-state index is 12.6. The minimum Gasteiger partial charge on any atom is -0.335 e. The molecular weight excluding hydrogens is 272 g/mol. The molecule has 2 fully saturated rings.